The Morgan fingerprint density at radius 1 is 1.26 bits per heavy atom. The van der Waals surface area contributed by atoms with Crippen molar-refractivity contribution in [2.24, 2.45) is 0 Å². The zero-order chi connectivity index (χ0) is 15.8. The first-order chi connectivity index (χ1) is 11.2. The molecule has 7 heteroatoms. The predicted octanol–water partition coefficient (Wildman–Crippen LogP) is 2.51. The summed E-state index contributed by atoms with van der Waals surface area (Å²) in [4.78, 5) is 26.4. The van der Waals surface area contributed by atoms with Gasteiger partial charge in [-0.3, -0.25) is 4.79 Å². The van der Waals surface area contributed by atoms with Crippen LogP contribution >= 0.6 is 0 Å². The van der Waals surface area contributed by atoms with Crippen LogP contribution in [0.5, 0.6) is 0 Å². The van der Waals surface area contributed by atoms with Crippen molar-refractivity contribution in [2.75, 3.05) is 0 Å². The Morgan fingerprint density at radius 2 is 2.17 bits per heavy atom. The van der Waals surface area contributed by atoms with E-state index in [0.717, 1.165) is 16.5 Å². The number of carbonyl (C=O) groups excluding carboxylic acids is 1. The fourth-order valence-corrected chi connectivity index (χ4v) is 2.61. The summed E-state index contributed by atoms with van der Waals surface area (Å²) in [6.45, 7) is 0.325. The number of hydrogen-bond donors (Lipinski definition) is 3. The van der Waals surface area contributed by atoms with Gasteiger partial charge in [0.15, 0.2) is 5.69 Å². The van der Waals surface area contributed by atoms with E-state index >= 15 is 0 Å². The molecule has 114 valence electrons. The number of nitrogens with one attached hydrogen (secondary N) is 3. The van der Waals surface area contributed by atoms with Gasteiger partial charge in [-0.25, -0.2) is 14.4 Å². The van der Waals surface area contributed by atoms with Crippen molar-refractivity contribution in [3.8, 4) is 0 Å². The molecule has 0 aliphatic heterocycles. The number of amides is 1. The summed E-state index contributed by atoms with van der Waals surface area (Å²) < 4.78 is 13.4. The van der Waals surface area contributed by atoms with Crippen LogP contribution in [-0.2, 0) is 6.54 Å². The van der Waals surface area contributed by atoms with E-state index in [1.54, 1.807) is 30.9 Å². The van der Waals surface area contributed by atoms with Crippen molar-refractivity contribution in [1.82, 2.24) is 25.3 Å². The maximum atomic E-state index is 13.4. The van der Waals surface area contributed by atoms with Crippen LogP contribution in [0.3, 0.4) is 0 Å². The average molecular weight is 309 g/mol. The van der Waals surface area contributed by atoms with Crippen molar-refractivity contribution in [1.29, 1.82) is 0 Å². The van der Waals surface area contributed by atoms with Crippen LogP contribution in [0, 0.1) is 5.82 Å². The standard InChI is InChI=1S/C16H12FN5O/c17-9-1-2-11-12-3-4-19-15(14(12)22-13(11)5-9)16(23)20-7-10-6-18-8-21-10/h1-6,8,22H,7H2,(H,18,21)(H,20,23). The van der Waals surface area contributed by atoms with Gasteiger partial charge in [-0.1, -0.05) is 0 Å². The highest BCUT2D eigenvalue weighted by atomic mass is 19.1. The molecule has 1 amide bonds. The second kappa shape index (κ2) is 5.20. The molecule has 0 atom stereocenters. The largest absolute Gasteiger partial charge is 0.352 e. The average Bonchev–Trinajstić information content (AvgIpc) is 3.18. The van der Waals surface area contributed by atoms with E-state index in [2.05, 4.69) is 25.3 Å². The van der Waals surface area contributed by atoms with Gasteiger partial charge in [-0.2, -0.15) is 0 Å². The quantitative estimate of drug-likeness (QED) is 0.543. The number of rotatable bonds is 3. The molecule has 23 heavy (non-hydrogen) atoms. The number of halogens is 1. The summed E-state index contributed by atoms with van der Waals surface area (Å²) in [5.41, 5.74) is 2.30. The van der Waals surface area contributed by atoms with Crippen LogP contribution in [0.2, 0.25) is 0 Å². The smallest absolute Gasteiger partial charge is 0.272 e. The monoisotopic (exact) mass is 309 g/mol. The molecule has 0 aliphatic carbocycles. The molecule has 0 fully saturated rings. The van der Waals surface area contributed by atoms with E-state index < -0.39 is 0 Å². The van der Waals surface area contributed by atoms with Gasteiger partial charge >= 0.3 is 0 Å². The molecular weight excluding hydrogens is 297 g/mol. The SMILES string of the molecule is O=C(NCc1cnc[nH]1)c1nccc2c1[nH]c1cc(F)ccc12. The van der Waals surface area contributed by atoms with Crippen LogP contribution in [0.25, 0.3) is 21.8 Å². The normalized spacial score (nSPS) is 11.2. The number of carbonyl (C=O) groups is 1. The van der Waals surface area contributed by atoms with Gasteiger partial charge in [0.2, 0.25) is 0 Å². The molecule has 0 spiro atoms. The van der Waals surface area contributed by atoms with Crippen molar-refractivity contribution < 1.29 is 9.18 Å². The molecule has 6 nitrogen and oxygen atoms in total. The van der Waals surface area contributed by atoms with Gasteiger partial charge in [0.1, 0.15) is 5.82 Å². The molecule has 0 unspecified atom stereocenters. The number of imidazole rings is 1. The zero-order valence-corrected chi connectivity index (χ0v) is 11.9. The molecule has 4 rings (SSSR count). The number of benzene rings is 1. The third-order valence-corrected chi connectivity index (χ3v) is 3.69. The third-order valence-electron chi connectivity index (χ3n) is 3.69. The first-order valence-electron chi connectivity index (χ1n) is 7.04. The third kappa shape index (κ3) is 2.32. The Balaban J connectivity index is 1.74. The van der Waals surface area contributed by atoms with Crippen LogP contribution in [0.4, 0.5) is 4.39 Å². The zero-order valence-electron chi connectivity index (χ0n) is 11.9. The summed E-state index contributed by atoms with van der Waals surface area (Å²) in [5, 5.41) is 4.47. The number of H-pyrrole nitrogens is 2. The second-order valence-electron chi connectivity index (χ2n) is 5.16. The maximum absolute atomic E-state index is 13.4. The van der Waals surface area contributed by atoms with E-state index in [1.807, 2.05) is 0 Å². The van der Waals surface area contributed by atoms with Crippen LogP contribution in [-0.4, -0.2) is 25.8 Å². The molecular formula is C16H12FN5O. The van der Waals surface area contributed by atoms with E-state index in [4.69, 9.17) is 0 Å². The minimum absolute atomic E-state index is 0.277. The molecule has 4 aromatic rings. The lowest BCUT2D eigenvalue weighted by atomic mass is 10.1. The first-order valence-corrected chi connectivity index (χ1v) is 7.04. The number of nitrogens with zero attached hydrogens (tertiary/aromatic N) is 2. The highest BCUT2D eigenvalue weighted by molar-refractivity contribution is 6.13. The number of hydrogen-bond acceptors (Lipinski definition) is 3. The Bertz CT molecular complexity index is 1010. The first kappa shape index (κ1) is 13.4. The van der Waals surface area contributed by atoms with Gasteiger partial charge in [-0.05, 0) is 24.3 Å². The molecule has 1 aromatic carbocycles. The molecule has 3 heterocycles. The van der Waals surface area contributed by atoms with Gasteiger partial charge in [0.25, 0.3) is 5.91 Å². The summed E-state index contributed by atoms with van der Waals surface area (Å²) in [6.07, 6.45) is 4.76. The summed E-state index contributed by atoms with van der Waals surface area (Å²) in [5.74, 6) is -0.639. The molecule has 0 radical (unpaired) electrons. The lowest BCUT2D eigenvalue weighted by Gasteiger charge is -2.04. The van der Waals surface area contributed by atoms with Crippen molar-refractivity contribution in [3.63, 3.8) is 0 Å². The highest BCUT2D eigenvalue weighted by Crippen LogP contribution is 2.27. The fourth-order valence-electron chi connectivity index (χ4n) is 2.61. The van der Waals surface area contributed by atoms with Crippen molar-refractivity contribution >= 4 is 27.7 Å². The Hall–Kier alpha value is -3.22. The Kier molecular flexibility index (Phi) is 3.04. The van der Waals surface area contributed by atoms with E-state index in [9.17, 15) is 9.18 Å². The predicted molar refractivity (Wildman–Crippen MR) is 83.3 cm³/mol. The Morgan fingerprint density at radius 3 is 3.00 bits per heavy atom. The van der Waals surface area contributed by atoms with Gasteiger partial charge in [-0.15, -0.1) is 0 Å². The van der Waals surface area contributed by atoms with Gasteiger partial charge in [0.05, 0.1) is 24.1 Å². The van der Waals surface area contributed by atoms with Gasteiger partial charge in [0, 0.05) is 28.7 Å². The summed E-state index contributed by atoms with van der Waals surface area (Å²) in [7, 11) is 0. The van der Waals surface area contributed by atoms with Gasteiger partial charge < -0.3 is 15.3 Å². The van der Waals surface area contributed by atoms with E-state index in [0.29, 0.717) is 17.6 Å². The van der Waals surface area contributed by atoms with E-state index in [-0.39, 0.29) is 17.4 Å². The topological polar surface area (TPSA) is 86.5 Å². The van der Waals surface area contributed by atoms with Crippen LogP contribution in [0.15, 0.2) is 43.0 Å². The Labute approximate surface area is 129 Å². The molecule has 3 N–H and O–H groups in total. The number of fused-ring (bicyclic) bond motifs is 3. The minimum Gasteiger partial charge on any atom is -0.352 e. The van der Waals surface area contributed by atoms with Crippen LogP contribution in [0.1, 0.15) is 16.2 Å². The molecule has 0 aliphatic rings. The fraction of sp³-hybridized carbons (Fsp3) is 0.0625. The highest BCUT2D eigenvalue weighted by Gasteiger charge is 2.15. The lowest BCUT2D eigenvalue weighted by Crippen LogP contribution is -2.24. The number of pyridine rings is 1. The second-order valence-corrected chi connectivity index (χ2v) is 5.16. The van der Waals surface area contributed by atoms with Crippen molar-refractivity contribution in [2.45, 2.75) is 6.54 Å². The van der Waals surface area contributed by atoms with E-state index in [1.165, 1.54) is 12.1 Å². The number of aromatic nitrogens is 4. The van der Waals surface area contributed by atoms with Crippen molar-refractivity contribution in [3.05, 3.63) is 60.2 Å². The maximum Gasteiger partial charge on any atom is 0.272 e. The summed E-state index contributed by atoms with van der Waals surface area (Å²) in [6, 6.07) is 6.29. The lowest BCUT2D eigenvalue weighted by molar-refractivity contribution is 0.0947. The summed E-state index contributed by atoms with van der Waals surface area (Å²) >= 11 is 0. The molecule has 0 saturated carbocycles. The number of aromatic amines is 2. The molecule has 0 bridgehead atoms. The van der Waals surface area contributed by atoms with Crippen LogP contribution < -0.4 is 5.32 Å². The minimum atomic E-state index is -0.331. The molecule has 3 aromatic heterocycles. The molecule has 0 saturated heterocycles.